The molecule has 0 aromatic carbocycles. The Bertz CT molecular complexity index is 79.3. The van der Waals surface area contributed by atoms with Crippen LogP contribution in [0.5, 0.6) is 0 Å². The maximum atomic E-state index is 8.37. The van der Waals surface area contributed by atoms with Crippen molar-refractivity contribution < 1.29 is 9.84 Å². The van der Waals surface area contributed by atoms with Crippen LogP contribution in [0, 0.1) is 0 Å². The van der Waals surface area contributed by atoms with Gasteiger partial charge in [-0.25, -0.2) is 0 Å². The molecule has 0 fully saturated rings. The molecule has 0 bridgehead atoms. The van der Waals surface area contributed by atoms with Crippen LogP contribution < -0.4 is 0 Å². The molecule has 2 heteroatoms. The van der Waals surface area contributed by atoms with Crippen LogP contribution in [-0.4, -0.2) is 18.3 Å². The van der Waals surface area contributed by atoms with Crippen molar-refractivity contribution in [2.75, 3.05) is 13.2 Å². The van der Waals surface area contributed by atoms with Crippen molar-refractivity contribution in [3.63, 3.8) is 0 Å². The van der Waals surface area contributed by atoms with Crippen LogP contribution in [0.25, 0.3) is 0 Å². The Balaban J connectivity index is 3.09. The lowest BCUT2D eigenvalue weighted by Crippen LogP contribution is -1.97. The summed E-state index contributed by atoms with van der Waals surface area (Å²) in [5, 5.41) is 8.37. The molecule has 0 aromatic heterocycles. The molecule has 0 rings (SSSR count). The van der Waals surface area contributed by atoms with Gasteiger partial charge >= 0.3 is 0 Å². The standard InChI is InChI=1S/C8H16O2/c1-3-4-5-8(2)10-7-6-9/h9H,2-7H2,1H3. The van der Waals surface area contributed by atoms with Crippen LogP contribution in [0.1, 0.15) is 26.2 Å². The van der Waals surface area contributed by atoms with Gasteiger partial charge in [0.2, 0.25) is 0 Å². The first-order chi connectivity index (χ1) is 4.81. The van der Waals surface area contributed by atoms with Gasteiger partial charge in [-0.15, -0.1) is 0 Å². The van der Waals surface area contributed by atoms with Crippen molar-refractivity contribution in [3.05, 3.63) is 12.3 Å². The van der Waals surface area contributed by atoms with Gasteiger partial charge in [-0.05, 0) is 6.42 Å². The van der Waals surface area contributed by atoms with E-state index in [2.05, 4.69) is 13.5 Å². The molecule has 10 heavy (non-hydrogen) atoms. The number of aliphatic hydroxyl groups excluding tert-OH is 1. The Kier molecular flexibility index (Phi) is 6.29. The molecule has 0 aliphatic rings. The molecule has 0 atom stereocenters. The first-order valence-electron chi connectivity index (χ1n) is 3.72. The van der Waals surface area contributed by atoms with Crippen molar-refractivity contribution in [1.82, 2.24) is 0 Å². The Morgan fingerprint density at radius 1 is 1.60 bits per heavy atom. The Hall–Kier alpha value is -0.500. The SMILES string of the molecule is C=C(CCCC)OCCO. The monoisotopic (exact) mass is 144 g/mol. The maximum Gasteiger partial charge on any atom is 0.111 e. The van der Waals surface area contributed by atoms with Gasteiger partial charge in [-0.2, -0.15) is 0 Å². The minimum atomic E-state index is 0.0745. The van der Waals surface area contributed by atoms with E-state index in [1.807, 2.05) is 0 Å². The zero-order valence-electron chi connectivity index (χ0n) is 6.60. The fraction of sp³-hybridized carbons (Fsp3) is 0.750. The molecule has 0 heterocycles. The van der Waals surface area contributed by atoms with E-state index >= 15 is 0 Å². The molecule has 0 saturated heterocycles. The Labute approximate surface area is 62.5 Å². The number of unbranched alkanes of at least 4 members (excludes halogenated alkanes) is 1. The Morgan fingerprint density at radius 3 is 2.80 bits per heavy atom. The third-order valence-corrected chi connectivity index (χ3v) is 1.21. The average molecular weight is 144 g/mol. The molecule has 0 aromatic rings. The van der Waals surface area contributed by atoms with Gasteiger partial charge in [0.05, 0.1) is 12.4 Å². The van der Waals surface area contributed by atoms with Crippen molar-refractivity contribution >= 4 is 0 Å². The minimum absolute atomic E-state index is 0.0745. The summed E-state index contributed by atoms with van der Waals surface area (Å²) in [6.07, 6.45) is 3.18. The molecule has 0 aliphatic carbocycles. The zero-order chi connectivity index (χ0) is 7.82. The lowest BCUT2D eigenvalue weighted by atomic mass is 10.2. The molecular formula is C8H16O2. The van der Waals surface area contributed by atoms with Gasteiger partial charge in [-0.3, -0.25) is 0 Å². The zero-order valence-corrected chi connectivity index (χ0v) is 6.60. The molecule has 60 valence electrons. The molecule has 0 aliphatic heterocycles. The summed E-state index contributed by atoms with van der Waals surface area (Å²) in [6, 6.07) is 0. The summed E-state index contributed by atoms with van der Waals surface area (Å²) in [6.45, 7) is 6.27. The summed E-state index contributed by atoms with van der Waals surface area (Å²) >= 11 is 0. The molecule has 0 spiro atoms. The van der Waals surface area contributed by atoms with Crippen LogP contribution in [-0.2, 0) is 4.74 Å². The van der Waals surface area contributed by atoms with E-state index < -0.39 is 0 Å². The molecule has 0 saturated carbocycles. The molecule has 0 radical (unpaired) electrons. The minimum Gasteiger partial charge on any atom is -0.496 e. The van der Waals surface area contributed by atoms with Crippen molar-refractivity contribution in [3.8, 4) is 0 Å². The lowest BCUT2D eigenvalue weighted by Gasteiger charge is -2.05. The molecular weight excluding hydrogens is 128 g/mol. The van der Waals surface area contributed by atoms with E-state index in [0.717, 1.165) is 25.0 Å². The van der Waals surface area contributed by atoms with Crippen LogP contribution in [0.2, 0.25) is 0 Å². The number of hydrogen-bond acceptors (Lipinski definition) is 2. The number of hydrogen-bond donors (Lipinski definition) is 1. The number of allylic oxidation sites excluding steroid dienone is 1. The van der Waals surface area contributed by atoms with Crippen molar-refractivity contribution in [1.29, 1.82) is 0 Å². The highest BCUT2D eigenvalue weighted by atomic mass is 16.5. The van der Waals surface area contributed by atoms with Gasteiger partial charge in [0.1, 0.15) is 6.61 Å². The average Bonchev–Trinajstić information content (AvgIpc) is 1.97. The summed E-state index contributed by atoms with van der Waals surface area (Å²) < 4.78 is 5.05. The normalized spacial score (nSPS) is 9.40. The molecule has 0 unspecified atom stereocenters. The van der Waals surface area contributed by atoms with Crippen LogP contribution in [0.15, 0.2) is 12.3 Å². The van der Waals surface area contributed by atoms with Gasteiger partial charge in [-0.1, -0.05) is 19.9 Å². The number of ether oxygens (including phenoxy) is 1. The molecule has 2 nitrogen and oxygen atoms in total. The van der Waals surface area contributed by atoms with Crippen LogP contribution in [0.3, 0.4) is 0 Å². The van der Waals surface area contributed by atoms with Gasteiger partial charge < -0.3 is 9.84 Å². The van der Waals surface area contributed by atoms with E-state index in [1.54, 1.807) is 0 Å². The lowest BCUT2D eigenvalue weighted by molar-refractivity contribution is 0.140. The topological polar surface area (TPSA) is 29.5 Å². The van der Waals surface area contributed by atoms with Crippen molar-refractivity contribution in [2.24, 2.45) is 0 Å². The van der Waals surface area contributed by atoms with Crippen LogP contribution in [0.4, 0.5) is 0 Å². The van der Waals surface area contributed by atoms with E-state index in [0.29, 0.717) is 6.61 Å². The highest BCUT2D eigenvalue weighted by Crippen LogP contribution is 2.05. The second-order valence-electron chi connectivity index (χ2n) is 2.21. The maximum absolute atomic E-state index is 8.37. The van der Waals surface area contributed by atoms with E-state index in [-0.39, 0.29) is 6.61 Å². The molecule has 1 N–H and O–H groups in total. The van der Waals surface area contributed by atoms with Gasteiger partial charge in [0.25, 0.3) is 0 Å². The highest BCUT2D eigenvalue weighted by Gasteiger charge is 1.92. The highest BCUT2D eigenvalue weighted by molar-refractivity contribution is 4.81. The predicted molar refractivity (Wildman–Crippen MR) is 41.7 cm³/mol. The van der Waals surface area contributed by atoms with Crippen LogP contribution >= 0.6 is 0 Å². The van der Waals surface area contributed by atoms with E-state index in [9.17, 15) is 0 Å². The van der Waals surface area contributed by atoms with E-state index in [4.69, 9.17) is 9.84 Å². The van der Waals surface area contributed by atoms with E-state index in [1.165, 1.54) is 0 Å². The van der Waals surface area contributed by atoms with Gasteiger partial charge in [0, 0.05) is 6.42 Å². The van der Waals surface area contributed by atoms with Gasteiger partial charge in [0.15, 0.2) is 0 Å². The second-order valence-corrected chi connectivity index (χ2v) is 2.21. The smallest absolute Gasteiger partial charge is 0.111 e. The fourth-order valence-electron chi connectivity index (χ4n) is 0.636. The summed E-state index contributed by atoms with van der Waals surface area (Å²) in [5.41, 5.74) is 0. The predicted octanol–water partition coefficient (Wildman–Crippen LogP) is 1.70. The van der Waals surface area contributed by atoms with Crippen molar-refractivity contribution in [2.45, 2.75) is 26.2 Å². The summed E-state index contributed by atoms with van der Waals surface area (Å²) in [4.78, 5) is 0. The molecule has 0 amide bonds. The second kappa shape index (κ2) is 6.62. The largest absolute Gasteiger partial charge is 0.496 e. The summed E-state index contributed by atoms with van der Waals surface area (Å²) in [7, 11) is 0. The number of rotatable bonds is 6. The fourth-order valence-corrected chi connectivity index (χ4v) is 0.636. The summed E-state index contributed by atoms with van der Waals surface area (Å²) in [5.74, 6) is 0.788. The quantitative estimate of drug-likeness (QED) is 0.575. The third-order valence-electron chi connectivity index (χ3n) is 1.21. The first kappa shape index (κ1) is 9.50. The Morgan fingerprint density at radius 2 is 2.30 bits per heavy atom. The first-order valence-corrected chi connectivity index (χ1v) is 3.72. The third kappa shape index (κ3) is 5.63. The number of aliphatic hydroxyl groups is 1.